The first-order valence-electron chi connectivity index (χ1n) is 34.3. The molecule has 1 fully saturated rings. The Morgan fingerprint density at radius 1 is 0.400 bits per heavy atom. The number of aryl methyl sites for hydroxylation is 1. The summed E-state index contributed by atoms with van der Waals surface area (Å²) < 4.78 is 26.3. The van der Waals surface area contributed by atoms with Gasteiger partial charge in [-0.25, -0.2) is 8.78 Å². The zero-order valence-electron chi connectivity index (χ0n) is 63.3. The molecule has 0 heterocycles. The summed E-state index contributed by atoms with van der Waals surface area (Å²) in [7, 11) is 0. The largest absolute Gasteiger partial charge is 0.360 e. The molecule has 6 aromatic carbocycles. The van der Waals surface area contributed by atoms with E-state index in [-0.39, 0.29) is 116 Å². The third kappa shape index (κ3) is 43.4. The molecule has 26 heteroatoms. The second kappa shape index (κ2) is 46.3. The van der Waals surface area contributed by atoms with Crippen LogP contribution in [0, 0.1) is 18.6 Å². The van der Waals surface area contributed by atoms with Crippen molar-refractivity contribution >= 4 is 139 Å². The van der Waals surface area contributed by atoms with Gasteiger partial charge >= 0.3 is 0 Å². The SMILES string of the molecule is CC(C)(C)NC(=S)NC(=O)Cc1cccc(F)c1.CC(C)(C)NC(=S)NC(=O)Cc1ccccc1F.CC(C)NC(=S)NC(=O)C(C)c1ccccc1.CC(C)NC(=S)NC(=O)C1(c2ccccc2)CC1.CC(C)NC(=S)NC(=O)Cc1ccccc1.Cc1ccc(CC(=O)NC(=S)NC(C)(C)C)cc1. The predicted octanol–water partition coefficient (Wildman–Crippen LogP) is 12.6. The molecule has 12 N–H and O–H groups in total. The van der Waals surface area contributed by atoms with Crippen molar-refractivity contribution in [2.75, 3.05) is 0 Å². The van der Waals surface area contributed by atoms with E-state index >= 15 is 0 Å². The fraction of sp³-hybridized carbons (Fsp3) is 0.392. The Kier molecular flexibility index (Phi) is 40.8. The molecule has 6 amide bonds. The smallest absolute Gasteiger partial charge is 0.236 e. The van der Waals surface area contributed by atoms with E-state index in [9.17, 15) is 37.5 Å². The number of carbonyl (C=O) groups excluding carboxylic acids is 6. The van der Waals surface area contributed by atoms with Gasteiger partial charge in [0.25, 0.3) is 0 Å². The third-order valence-electron chi connectivity index (χ3n) is 13.7. The maximum atomic E-state index is 13.3. The Labute approximate surface area is 652 Å². The molecular formula is C79H106F2N12O6S6. The summed E-state index contributed by atoms with van der Waals surface area (Å²) in [6.45, 7) is 33.3. The highest BCUT2D eigenvalue weighted by Crippen LogP contribution is 2.48. The predicted molar refractivity (Wildman–Crippen MR) is 445 cm³/mol. The van der Waals surface area contributed by atoms with Gasteiger partial charge in [-0.15, -0.1) is 0 Å². The third-order valence-corrected chi connectivity index (χ3v) is 14.9. The number of nitrogens with one attached hydrogen (secondary N) is 12. The van der Waals surface area contributed by atoms with Crippen LogP contribution in [-0.2, 0) is 59.9 Å². The van der Waals surface area contributed by atoms with Gasteiger partial charge in [-0.1, -0.05) is 151 Å². The average molecular weight is 1550 g/mol. The van der Waals surface area contributed by atoms with Gasteiger partial charge in [-0.3, -0.25) is 28.8 Å². The number of benzene rings is 6. The molecule has 568 valence electrons. The van der Waals surface area contributed by atoms with Crippen molar-refractivity contribution in [3.8, 4) is 0 Å². The number of amides is 6. The van der Waals surface area contributed by atoms with E-state index in [0.717, 1.165) is 35.1 Å². The van der Waals surface area contributed by atoms with E-state index in [2.05, 4.69) is 63.8 Å². The summed E-state index contributed by atoms with van der Waals surface area (Å²) >= 11 is 30.2. The van der Waals surface area contributed by atoms with Gasteiger partial charge in [0.15, 0.2) is 30.7 Å². The molecule has 105 heavy (non-hydrogen) atoms. The van der Waals surface area contributed by atoms with Gasteiger partial charge < -0.3 is 63.8 Å². The van der Waals surface area contributed by atoms with Crippen molar-refractivity contribution in [2.45, 2.75) is 202 Å². The van der Waals surface area contributed by atoms with Crippen LogP contribution in [0.15, 0.2) is 164 Å². The highest BCUT2D eigenvalue weighted by molar-refractivity contribution is 7.81. The minimum Gasteiger partial charge on any atom is -0.360 e. The van der Waals surface area contributed by atoms with E-state index < -0.39 is 0 Å². The fourth-order valence-electron chi connectivity index (χ4n) is 8.88. The molecule has 0 bridgehead atoms. The molecule has 0 spiro atoms. The zero-order chi connectivity index (χ0) is 79.3. The van der Waals surface area contributed by atoms with E-state index in [1.807, 2.05) is 233 Å². The van der Waals surface area contributed by atoms with Crippen LogP contribution >= 0.6 is 73.3 Å². The summed E-state index contributed by atoms with van der Waals surface area (Å²) in [5, 5.41) is 35.9. The van der Waals surface area contributed by atoms with Crippen LogP contribution in [0.3, 0.4) is 0 Å². The molecule has 0 radical (unpaired) electrons. The number of hydrogen-bond donors (Lipinski definition) is 12. The lowest BCUT2D eigenvalue weighted by atomic mass is 9.95. The molecule has 1 unspecified atom stereocenters. The lowest BCUT2D eigenvalue weighted by molar-refractivity contribution is -0.122. The number of hydrogen-bond acceptors (Lipinski definition) is 12. The molecular weight excluding hydrogens is 1440 g/mol. The molecule has 1 atom stereocenters. The van der Waals surface area contributed by atoms with Crippen LogP contribution < -0.4 is 63.8 Å². The van der Waals surface area contributed by atoms with Gasteiger partial charge in [-0.05, 0) is 255 Å². The van der Waals surface area contributed by atoms with Crippen LogP contribution in [0.25, 0.3) is 0 Å². The molecule has 6 aromatic rings. The summed E-state index contributed by atoms with van der Waals surface area (Å²) in [5.74, 6) is -1.81. The quantitative estimate of drug-likeness (QED) is 0.0427. The van der Waals surface area contributed by atoms with Crippen molar-refractivity contribution in [1.29, 1.82) is 0 Å². The lowest BCUT2D eigenvalue weighted by Gasteiger charge is -2.22. The summed E-state index contributed by atoms with van der Waals surface area (Å²) in [4.78, 5) is 70.8. The van der Waals surface area contributed by atoms with Gasteiger partial charge in [0.05, 0.1) is 37.0 Å². The molecule has 7 rings (SSSR count). The fourth-order valence-corrected chi connectivity index (χ4v) is 11.2. The molecule has 1 aliphatic carbocycles. The van der Waals surface area contributed by atoms with Crippen molar-refractivity contribution in [2.24, 2.45) is 0 Å². The van der Waals surface area contributed by atoms with Crippen molar-refractivity contribution in [3.63, 3.8) is 0 Å². The van der Waals surface area contributed by atoms with Crippen LogP contribution in [0.2, 0.25) is 0 Å². The topological polar surface area (TPSA) is 247 Å². The Morgan fingerprint density at radius 2 is 0.752 bits per heavy atom. The lowest BCUT2D eigenvalue weighted by Crippen LogP contribution is -2.48. The maximum Gasteiger partial charge on any atom is 0.236 e. The highest BCUT2D eigenvalue weighted by Gasteiger charge is 2.51. The van der Waals surface area contributed by atoms with Crippen LogP contribution in [-0.4, -0.2) is 101 Å². The maximum absolute atomic E-state index is 13.3. The van der Waals surface area contributed by atoms with E-state index in [4.69, 9.17) is 73.3 Å². The Balaban J connectivity index is 0.000000428. The van der Waals surface area contributed by atoms with Crippen molar-refractivity contribution < 1.29 is 37.5 Å². The monoisotopic (exact) mass is 1550 g/mol. The molecule has 0 saturated heterocycles. The van der Waals surface area contributed by atoms with Crippen molar-refractivity contribution in [1.82, 2.24) is 63.8 Å². The standard InChI is InChI=1S/C14H18N2OS.C14H20N2OS.2C13H17FN2OS.C13H18N2OS.C12H16N2OS/c1-10(2)15-13(18)16-12(17)14(8-9-14)11-6-4-3-5-7-11;1-10-5-7-11(8-6-10)9-12(17)15-13(18)16-14(2,3)4;1-13(2,3)16-12(18)15-11(17)8-9-5-4-6-10(14)7-9;1-13(2,3)16-12(18)15-11(17)8-9-6-4-5-7-10(9)14;1-9(2)14-13(17)15-12(16)10(3)11-7-5-4-6-8-11;1-9(2)13-12(16)14-11(15)8-10-6-4-3-5-7-10/h3-7,10H,8-9H2,1-2H3,(H2,15,16,17,18);5-8H,9H2,1-4H3,(H2,15,16,17,18);2*4-7H,8H2,1-3H3,(H2,15,16,17,18);4-10H,1-3H3,(H2,14,15,16,17);3-7,9H,8H2,1-2H3,(H2,13,14,15,16). The normalized spacial score (nSPS) is 11.8. The van der Waals surface area contributed by atoms with E-state index in [1.165, 1.54) is 23.8 Å². The van der Waals surface area contributed by atoms with Gasteiger partial charge in [-0.2, -0.15) is 0 Å². The van der Waals surface area contributed by atoms with Crippen molar-refractivity contribution in [3.05, 3.63) is 214 Å². The highest BCUT2D eigenvalue weighted by atomic mass is 32.1. The van der Waals surface area contributed by atoms with Crippen LogP contribution in [0.4, 0.5) is 8.78 Å². The zero-order valence-corrected chi connectivity index (χ0v) is 68.2. The second-order valence-corrected chi connectivity index (χ2v) is 31.1. The minimum absolute atomic E-state index is 0.00634. The molecule has 18 nitrogen and oxygen atoms in total. The first-order valence-corrected chi connectivity index (χ1v) is 36.7. The van der Waals surface area contributed by atoms with Crippen LogP contribution in [0.1, 0.15) is 168 Å². The van der Waals surface area contributed by atoms with Gasteiger partial charge in [0.1, 0.15) is 11.6 Å². The Morgan fingerprint density at radius 3 is 1.16 bits per heavy atom. The average Bonchev–Trinajstić information content (AvgIpc) is 1.60. The number of halogens is 2. The van der Waals surface area contributed by atoms with E-state index in [0.29, 0.717) is 44.4 Å². The Hall–Kier alpha value is -8.66. The molecule has 0 aliphatic heterocycles. The van der Waals surface area contributed by atoms with Gasteiger partial charge in [0.2, 0.25) is 35.4 Å². The number of rotatable bonds is 15. The first kappa shape index (κ1) is 92.4. The summed E-state index contributed by atoms with van der Waals surface area (Å²) in [6, 6.07) is 49.8. The molecule has 0 aromatic heterocycles. The van der Waals surface area contributed by atoms with E-state index in [1.54, 1.807) is 30.3 Å². The summed E-state index contributed by atoms with van der Waals surface area (Å²) in [6.07, 6.45) is 2.55. The summed E-state index contributed by atoms with van der Waals surface area (Å²) in [5.41, 5.74) is 5.25. The van der Waals surface area contributed by atoms with Crippen LogP contribution in [0.5, 0.6) is 0 Å². The second-order valence-electron chi connectivity index (χ2n) is 28.6. The number of carbonyl (C=O) groups is 6. The number of thiocarbonyl (C=S) groups is 6. The molecule has 1 saturated carbocycles. The Bertz CT molecular complexity index is 3830. The van der Waals surface area contributed by atoms with Gasteiger partial charge in [0, 0.05) is 34.7 Å². The first-order chi connectivity index (χ1) is 48.9. The minimum atomic E-state index is -0.387. The molecule has 1 aliphatic rings.